The number of nitrogens with one attached hydrogen (secondary N) is 1. The Bertz CT molecular complexity index is 236. The molecular weight excluding hydrogens is 214 g/mol. The minimum absolute atomic E-state index is 0.0561. The average molecular weight is 230 g/mol. The van der Waals surface area contributed by atoms with Crippen molar-refractivity contribution in [3.8, 4) is 0 Å². The summed E-state index contributed by atoms with van der Waals surface area (Å²) in [6.07, 6.45) is 0.533. The second kappa shape index (κ2) is 5.14. The van der Waals surface area contributed by atoms with Gasteiger partial charge in [0.25, 0.3) is 0 Å². The van der Waals surface area contributed by atoms with Crippen LogP contribution in [0.2, 0.25) is 0 Å². The predicted octanol–water partition coefficient (Wildman–Crippen LogP) is 0.306. The average Bonchev–Trinajstić information content (AvgIpc) is 2.03. The molecule has 0 fully saturated rings. The fourth-order valence-corrected chi connectivity index (χ4v) is 2.62. The Morgan fingerprint density at radius 2 is 2.08 bits per heavy atom. The summed E-state index contributed by atoms with van der Waals surface area (Å²) in [5, 5.41) is 8.96. The van der Waals surface area contributed by atoms with Gasteiger partial charge in [-0.05, 0) is 13.3 Å². The maximum atomic E-state index is 11.3. The molecule has 4 nitrogen and oxygen atoms in total. The van der Waals surface area contributed by atoms with Crippen LogP contribution < -0.4 is 4.72 Å². The van der Waals surface area contributed by atoms with Crippen molar-refractivity contribution in [3.05, 3.63) is 0 Å². The Kier molecular flexibility index (Phi) is 5.21. The van der Waals surface area contributed by atoms with Crippen LogP contribution in [0.4, 0.5) is 0 Å². The van der Waals surface area contributed by atoms with Crippen molar-refractivity contribution in [1.29, 1.82) is 0 Å². The van der Waals surface area contributed by atoms with E-state index >= 15 is 0 Å². The smallest absolute Gasteiger partial charge is 0.213 e. The van der Waals surface area contributed by atoms with Gasteiger partial charge in [-0.25, -0.2) is 13.1 Å². The van der Waals surface area contributed by atoms with Crippen molar-refractivity contribution >= 4 is 21.6 Å². The van der Waals surface area contributed by atoms with E-state index in [-0.39, 0.29) is 18.2 Å². The molecule has 2 N–H and O–H groups in total. The number of hydrogen-bond donors (Lipinski definition) is 2. The normalized spacial score (nSPS) is 16.9. The van der Waals surface area contributed by atoms with E-state index in [0.717, 1.165) is 0 Å². The van der Waals surface area contributed by atoms with Crippen molar-refractivity contribution in [3.63, 3.8) is 0 Å². The van der Waals surface area contributed by atoms with Gasteiger partial charge in [-0.3, -0.25) is 0 Å². The van der Waals surface area contributed by atoms with Gasteiger partial charge in [-0.1, -0.05) is 6.92 Å². The van der Waals surface area contributed by atoms with Crippen LogP contribution in [0.3, 0.4) is 0 Å². The van der Waals surface area contributed by atoms with Gasteiger partial charge in [0.2, 0.25) is 10.0 Å². The van der Waals surface area contributed by atoms with Gasteiger partial charge in [-0.2, -0.15) is 0 Å². The SMILES string of the molecule is CCC(C)(CO)NS(=O)(=O)CCCl. The molecule has 1 atom stereocenters. The topological polar surface area (TPSA) is 66.4 Å². The van der Waals surface area contributed by atoms with Crippen LogP contribution in [0, 0.1) is 0 Å². The highest BCUT2D eigenvalue weighted by atomic mass is 35.5. The third kappa shape index (κ3) is 4.81. The van der Waals surface area contributed by atoms with E-state index in [4.69, 9.17) is 16.7 Å². The highest BCUT2D eigenvalue weighted by molar-refractivity contribution is 7.89. The van der Waals surface area contributed by atoms with Gasteiger partial charge in [0.15, 0.2) is 0 Å². The number of hydrogen-bond acceptors (Lipinski definition) is 3. The third-order valence-corrected chi connectivity index (χ3v) is 3.84. The van der Waals surface area contributed by atoms with E-state index in [1.54, 1.807) is 13.8 Å². The Balaban J connectivity index is 4.40. The van der Waals surface area contributed by atoms with E-state index in [9.17, 15) is 8.42 Å². The Labute approximate surface area is 84.3 Å². The largest absolute Gasteiger partial charge is 0.394 e. The molecule has 0 saturated carbocycles. The van der Waals surface area contributed by atoms with Crippen LogP contribution in [0.5, 0.6) is 0 Å². The minimum Gasteiger partial charge on any atom is -0.394 e. The van der Waals surface area contributed by atoms with Crippen molar-refractivity contribution < 1.29 is 13.5 Å². The lowest BCUT2D eigenvalue weighted by atomic mass is 10.0. The second-order valence-electron chi connectivity index (χ2n) is 3.18. The fraction of sp³-hybridized carbons (Fsp3) is 1.00. The zero-order valence-electron chi connectivity index (χ0n) is 7.88. The van der Waals surface area contributed by atoms with E-state index in [1.165, 1.54) is 0 Å². The molecule has 0 aliphatic rings. The minimum atomic E-state index is -3.36. The van der Waals surface area contributed by atoms with Crippen molar-refractivity contribution in [2.45, 2.75) is 25.8 Å². The molecule has 1 unspecified atom stereocenters. The molecular formula is C7H16ClNO3S. The number of rotatable bonds is 6. The molecule has 13 heavy (non-hydrogen) atoms. The van der Waals surface area contributed by atoms with Crippen LogP contribution in [0.25, 0.3) is 0 Å². The number of alkyl halides is 1. The molecule has 6 heteroatoms. The summed E-state index contributed by atoms with van der Waals surface area (Å²) in [6.45, 7) is 3.24. The van der Waals surface area contributed by atoms with Crippen molar-refractivity contribution in [1.82, 2.24) is 4.72 Å². The molecule has 0 aromatic heterocycles. The molecule has 0 aliphatic heterocycles. The standard InChI is InChI=1S/C7H16ClNO3S/c1-3-7(2,6-10)9-13(11,12)5-4-8/h9-10H,3-6H2,1-2H3. The molecule has 0 aromatic carbocycles. The zero-order valence-corrected chi connectivity index (χ0v) is 9.45. The first-order valence-corrected chi connectivity index (χ1v) is 6.26. The molecule has 80 valence electrons. The summed E-state index contributed by atoms with van der Waals surface area (Å²) in [5.41, 5.74) is -0.773. The number of aliphatic hydroxyl groups excluding tert-OH is 1. The lowest BCUT2D eigenvalue weighted by Gasteiger charge is -2.26. The Morgan fingerprint density at radius 3 is 2.38 bits per heavy atom. The van der Waals surface area contributed by atoms with Gasteiger partial charge < -0.3 is 5.11 Å². The predicted molar refractivity (Wildman–Crippen MR) is 53.4 cm³/mol. The van der Waals surface area contributed by atoms with Crippen LogP contribution in [0.1, 0.15) is 20.3 Å². The molecule has 0 amide bonds. The maximum Gasteiger partial charge on any atom is 0.213 e. The van der Waals surface area contributed by atoms with E-state index < -0.39 is 15.6 Å². The van der Waals surface area contributed by atoms with Crippen LogP contribution in [-0.2, 0) is 10.0 Å². The number of sulfonamides is 1. The second-order valence-corrected chi connectivity index (χ2v) is 5.40. The van der Waals surface area contributed by atoms with E-state index in [1.807, 2.05) is 0 Å². The van der Waals surface area contributed by atoms with Crippen LogP contribution in [0.15, 0.2) is 0 Å². The molecule has 0 rings (SSSR count). The summed E-state index contributed by atoms with van der Waals surface area (Å²) in [7, 11) is -3.36. The molecule has 0 aliphatic carbocycles. The Hall–Kier alpha value is 0.160. The van der Waals surface area contributed by atoms with Gasteiger partial charge in [0.1, 0.15) is 0 Å². The van der Waals surface area contributed by atoms with Crippen molar-refractivity contribution in [2.75, 3.05) is 18.2 Å². The summed E-state index contributed by atoms with van der Waals surface area (Å²) in [5.74, 6) is -0.0648. The summed E-state index contributed by atoms with van der Waals surface area (Å²) >= 11 is 5.32. The van der Waals surface area contributed by atoms with Gasteiger partial charge in [0.05, 0.1) is 17.9 Å². The summed E-state index contributed by atoms with van der Waals surface area (Å²) in [6, 6.07) is 0. The first-order chi connectivity index (χ1) is 5.89. The van der Waals surface area contributed by atoms with E-state index in [2.05, 4.69) is 4.72 Å². The zero-order chi connectivity index (χ0) is 10.5. The van der Waals surface area contributed by atoms with E-state index in [0.29, 0.717) is 6.42 Å². The number of aliphatic hydroxyl groups is 1. The summed E-state index contributed by atoms with van der Waals surface area (Å²) in [4.78, 5) is 0. The molecule has 0 saturated heterocycles. The molecule has 0 spiro atoms. The maximum absolute atomic E-state index is 11.3. The first-order valence-electron chi connectivity index (χ1n) is 4.07. The summed E-state index contributed by atoms with van der Waals surface area (Å²) < 4.78 is 24.9. The lowest BCUT2D eigenvalue weighted by molar-refractivity contribution is 0.191. The highest BCUT2D eigenvalue weighted by Gasteiger charge is 2.26. The molecule has 0 aromatic rings. The number of halogens is 1. The molecule has 0 radical (unpaired) electrons. The Morgan fingerprint density at radius 1 is 1.54 bits per heavy atom. The monoisotopic (exact) mass is 229 g/mol. The first kappa shape index (κ1) is 13.2. The quantitative estimate of drug-likeness (QED) is 0.644. The van der Waals surface area contributed by atoms with Gasteiger partial charge in [-0.15, -0.1) is 11.6 Å². The molecule has 0 heterocycles. The lowest BCUT2D eigenvalue weighted by Crippen LogP contribution is -2.49. The van der Waals surface area contributed by atoms with Crippen LogP contribution >= 0.6 is 11.6 Å². The highest BCUT2D eigenvalue weighted by Crippen LogP contribution is 2.09. The third-order valence-electron chi connectivity index (χ3n) is 1.88. The van der Waals surface area contributed by atoms with Gasteiger partial charge in [0, 0.05) is 5.88 Å². The van der Waals surface area contributed by atoms with Gasteiger partial charge >= 0.3 is 0 Å². The van der Waals surface area contributed by atoms with Crippen LogP contribution in [-0.4, -0.2) is 37.3 Å². The van der Waals surface area contributed by atoms with Crippen molar-refractivity contribution in [2.24, 2.45) is 0 Å². The molecule has 0 bridgehead atoms. The fourth-order valence-electron chi connectivity index (χ4n) is 0.744.